The quantitative estimate of drug-likeness (QED) is 0.551. The molecule has 1 atom stereocenters. The molecule has 0 heterocycles. The Morgan fingerprint density at radius 2 is 1.78 bits per heavy atom. The van der Waals surface area contributed by atoms with Crippen molar-refractivity contribution in [1.29, 1.82) is 0 Å². The Labute approximate surface area is 194 Å². The highest BCUT2D eigenvalue weighted by Crippen LogP contribution is 2.31. The van der Waals surface area contributed by atoms with Crippen molar-refractivity contribution >= 4 is 33.2 Å². The third kappa shape index (κ3) is 4.66. The Morgan fingerprint density at radius 3 is 2.53 bits per heavy atom. The Morgan fingerprint density at radius 1 is 1.06 bits per heavy atom. The lowest BCUT2D eigenvalue weighted by Gasteiger charge is -2.29. The molecule has 0 aromatic heterocycles. The molecule has 0 bridgehead atoms. The van der Waals surface area contributed by atoms with E-state index >= 15 is 0 Å². The van der Waals surface area contributed by atoms with Gasteiger partial charge in [-0.1, -0.05) is 60.1 Å². The smallest absolute Gasteiger partial charge is 0.264 e. The van der Waals surface area contributed by atoms with Crippen molar-refractivity contribution in [3.63, 3.8) is 0 Å². The van der Waals surface area contributed by atoms with E-state index in [2.05, 4.69) is 11.4 Å². The summed E-state index contributed by atoms with van der Waals surface area (Å²) in [5.41, 5.74) is 3.51. The molecule has 0 aliphatic heterocycles. The van der Waals surface area contributed by atoms with Gasteiger partial charge in [0.25, 0.3) is 10.0 Å². The van der Waals surface area contributed by atoms with Crippen molar-refractivity contribution < 1.29 is 13.2 Å². The molecule has 4 rings (SSSR count). The summed E-state index contributed by atoms with van der Waals surface area (Å²) < 4.78 is 28.0. The maximum Gasteiger partial charge on any atom is 0.264 e. The predicted molar refractivity (Wildman–Crippen MR) is 127 cm³/mol. The molecule has 1 unspecified atom stereocenters. The molecule has 3 aromatic carbocycles. The zero-order valence-electron chi connectivity index (χ0n) is 17.8. The number of carbonyl (C=O) groups excluding carboxylic acids is 1. The fourth-order valence-corrected chi connectivity index (χ4v) is 5.65. The minimum atomic E-state index is -3.97. The van der Waals surface area contributed by atoms with Gasteiger partial charge in [0.1, 0.15) is 6.54 Å². The Kier molecular flexibility index (Phi) is 6.53. The number of sulfonamides is 1. The first kappa shape index (κ1) is 22.4. The molecule has 1 aliphatic rings. The van der Waals surface area contributed by atoms with Crippen LogP contribution in [0.5, 0.6) is 0 Å². The van der Waals surface area contributed by atoms with E-state index in [0.29, 0.717) is 10.7 Å². The van der Waals surface area contributed by atoms with Gasteiger partial charge in [0.15, 0.2) is 0 Å². The summed E-state index contributed by atoms with van der Waals surface area (Å²) in [6, 6.07) is 21.0. The second kappa shape index (κ2) is 9.35. The molecule has 0 saturated heterocycles. The molecule has 1 aliphatic carbocycles. The SMILES string of the molecule is Cc1ccc(N(CC(=O)NC2CCCc3ccccc32)S(=O)(=O)c2ccccc2)cc1Cl. The number of fused-ring (bicyclic) bond motifs is 1. The number of nitrogens with one attached hydrogen (secondary N) is 1. The maximum atomic E-state index is 13.5. The lowest BCUT2D eigenvalue weighted by atomic mass is 9.88. The maximum absolute atomic E-state index is 13.5. The molecule has 1 N–H and O–H groups in total. The number of nitrogens with zero attached hydrogens (tertiary/aromatic N) is 1. The van der Waals surface area contributed by atoms with Crippen LogP contribution in [0.15, 0.2) is 77.7 Å². The fraction of sp³-hybridized carbons (Fsp3) is 0.240. The van der Waals surface area contributed by atoms with Gasteiger partial charge >= 0.3 is 0 Å². The molecule has 0 fully saturated rings. The summed E-state index contributed by atoms with van der Waals surface area (Å²) in [4.78, 5) is 13.2. The van der Waals surface area contributed by atoms with Gasteiger partial charge in [0.2, 0.25) is 5.91 Å². The summed E-state index contributed by atoms with van der Waals surface area (Å²) in [7, 11) is -3.97. The van der Waals surface area contributed by atoms with Crippen LogP contribution < -0.4 is 9.62 Å². The molecule has 1 amide bonds. The predicted octanol–water partition coefficient (Wildman–Crippen LogP) is 5.04. The minimum Gasteiger partial charge on any atom is -0.348 e. The van der Waals surface area contributed by atoms with Crippen LogP contribution in [0.3, 0.4) is 0 Å². The lowest BCUT2D eigenvalue weighted by molar-refractivity contribution is -0.120. The molecule has 166 valence electrons. The highest BCUT2D eigenvalue weighted by Gasteiger charge is 2.29. The van der Waals surface area contributed by atoms with E-state index in [4.69, 9.17) is 11.6 Å². The molecular weight excluding hydrogens is 444 g/mol. The van der Waals surface area contributed by atoms with Crippen LogP contribution in [0.25, 0.3) is 0 Å². The van der Waals surface area contributed by atoms with Crippen molar-refractivity contribution in [2.24, 2.45) is 0 Å². The molecule has 32 heavy (non-hydrogen) atoms. The van der Waals surface area contributed by atoms with Crippen molar-refractivity contribution in [1.82, 2.24) is 5.32 Å². The molecule has 0 radical (unpaired) electrons. The average Bonchev–Trinajstić information content (AvgIpc) is 2.80. The van der Waals surface area contributed by atoms with Crippen LogP contribution in [-0.2, 0) is 21.2 Å². The second-order valence-electron chi connectivity index (χ2n) is 7.97. The molecule has 7 heteroatoms. The van der Waals surface area contributed by atoms with Crippen LogP contribution in [-0.4, -0.2) is 20.9 Å². The number of rotatable bonds is 6. The molecule has 5 nitrogen and oxygen atoms in total. The van der Waals surface area contributed by atoms with Gasteiger partial charge in [-0.25, -0.2) is 8.42 Å². The van der Waals surface area contributed by atoms with Crippen LogP contribution in [0.1, 0.15) is 35.6 Å². The molecule has 0 spiro atoms. The standard InChI is InChI=1S/C25H25ClN2O3S/c1-18-14-15-20(16-23(18)26)28(32(30,31)21-10-3-2-4-11-21)17-25(29)27-24-13-7-9-19-8-5-6-12-22(19)24/h2-6,8,10-12,14-16,24H,7,9,13,17H2,1H3,(H,27,29). The fourth-order valence-electron chi connectivity index (χ4n) is 4.05. The third-order valence-corrected chi connectivity index (χ3v) is 7.96. The lowest BCUT2D eigenvalue weighted by Crippen LogP contribution is -2.42. The number of carbonyl (C=O) groups is 1. The van der Waals surface area contributed by atoms with Gasteiger partial charge in [0.05, 0.1) is 16.6 Å². The Bertz CT molecular complexity index is 1230. The number of benzene rings is 3. The van der Waals surface area contributed by atoms with Crippen molar-refractivity contribution in [3.8, 4) is 0 Å². The van der Waals surface area contributed by atoms with Gasteiger partial charge in [0, 0.05) is 5.02 Å². The highest BCUT2D eigenvalue weighted by molar-refractivity contribution is 7.92. The van der Waals surface area contributed by atoms with E-state index in [-0.39, 0.29) is 23.4 Å². The molecule has 0 saturated carbocycles. The van der Waals surface area contributed by atoms with Crippen molar-refractivity contribution in [2.45, 2.75) is 37.1 Å². The van der Waals surface area contributed by atoms with E-state index in [1.165, 1.54) is 17.7 Å². The highest BCUT2D eigenvalue weighted by atomic mass is 35.5. The van der Waals surface area contributed by atoms with Crippen molar-refractivity contribution in [2.75, 3.05) is 10.8 Å². The summed E-state index contributed by atoms with van der Waals surface area (Å²) in [6.07, 6.45) is 2.78. The average molecular weight is 469 g/mol. The third-order valence-electron chi connectivity index (χ3n) is 5.77. The number of aryl methyl sites for hydroxylation is 2. The number of hydrogen-bond acceptors (Lipinski definition) is 3. The van der Waals surface area contributed by atoms with E-state index in [1.807, 2.05) is 25.1 Å². The number of halogens is 1. The number of hydrogen-bond donors (Lipinski definition) is 1. The Balaban J connectivity index is 1.64. The van der Waals surface area contributed by atoms with Gasteiger partial charge < -0.3 is 5.32 Å². The Hall–Kier alpha value is -2.83. The van der Waals surface area contributed by atoms with Gasteiger partial charge in [-0.2, -0.15) is 0 Å². The van der Waals surface area contributed by atoms with Crippen LogP contribution in [0.2, 0.25) is 5.02 Å². The van der Waals surface area contributed by atoms with E-state index in [9.17, 15) is 13.2 Å². The summed E-state index contributed by atoms with van der Waals surface area (Å²) in [5, 5.41) is 3.49. The minimum absolute atomic E-state index is 0.118. The van der Waals surface area contributed by atoms with Crippen molar-refractivity contribution in [3.05, 3.63) is 94.5 Å². The zero-order chi connectivity index (χ0) is 22.7. The first-order valence-electron chi connectivity index (χ1n) is 10.6. The topological polar surface area (TPSA) is 66.5 Å². The molecule has 3 aromatic rings. The van der Waals surface area contributed by atoms with E-state index in [0.717, 1.165) is 34.7 Å². The van der Waals surface area contributed by atoms with Gasteiger partial charge in [-0.15, -0.1) is 0 Å². The van der Waals surface area contributed by atoms with Crippen LogP contribution >= 0.6 is 11.6 Å². The zero-order valence-corrected chi connectivity index (χ0v) is 19.4. The summed E-state index contributed by atoms with van der Waals surface area (Å²) in [6.45, 7) is 1.50. The van der Waals surface area contributed by atoms with Gasteiger partial charge in [-0.3, -0.25) is 9.10 Å². The van der Waals surface area contributed by atoms with Gasteiger partial charge in [-0.05, 0) is 67.1 Å². The monoisotopic (exact) mass is 468 g/mol. The molecular formula is C25H25ClN2O3S. The van der Waals surface area contributed by atoms with Crippen LogP contribution in [0, 0.1) is 6.92 Å². The normalized spacial score (nSPS) is 15.6. The number of anilines is 1. The first-order chi connectivity index (χ1) is 15.4. The second-order valence-corrected chi connectivity index (χ2v) is 10.2. The van der Waals surface area contributed by atoms with E-state index < -0.39 is 10.0 Å². The largest absolute Gasteiger partial charge is 0.348 e. The summed E-state index contributed by atoms with van der Waals surface area (Å²) in [5.74, 6) is -0.358. The first-order valence-corrected chi connectivity index (χ1v) is 12.4. The summed E-state index contributed by atoms with van der Waals surface area (Å²) >= 11 is 6.28. The van der Waals surface area contributed by atoms with E-state index in [1.54, 1.807) is 36.4 Å². The number of amides is 1. The van der Waals surface area contributed by atoms with Crippen LogP contribution in [0.4, 0.5) is 5.69 Å².